The number of fused-ring (bicyclic) bond motifs is 1. The van der Waals surface area contributed by atoms with E-state index in [-0.39, 0.29) is 0 Å². The van der Waals surface area contributed by atoms with Crippen LogP contribution in [0.1, 0.15) is 73.2 Å². The number of nitrogens with two attached hydrogens (primary N) is 1. The summed E-state index contributed by atoms with van der Waals surface area (Å²) in [7, 11) is 0. The first-order valence-electron chi connectivity index (χ1n) is 8.46. The fourth-order valence-electron chi connectivity index (χ4n) is 3.47. The molecule has 1 aliphatic carbocycles. The van der Waals surface area contributed by atoms with Gasteiger partial charge in [-0.1, -0.05) is 32.0 Å². The van der Waals surface area contributed by atoms with E-state index >= 15 is 0 Å². The average Bonchev–Trinajstić information content (AvgIpc) is 2.93. The summed E-state index contributed by atoms with van der Waals surface area (Å²) in [6.45, 7) is 10.4. The Hall–Kier alpha value is -1.77. The molecule has 1 unspecified atom stereocenters. The van der Waals surface area contributed by atoms with Gasteiger partial charge in [-0.25, -0.2) is 0 Å². The van der Waals surface area contributed by atoms with Crippen LogP contribution >= 0.6 is 0 Å². The van der Waals surface area contributed by atoms with E-state index in [4.69, 9.17) is 10.3 Å². The number of anilines is 1. The normalized spacial score (nSPS) is 16.7. The molecule has 1 aromatic carbocycles. The molecule has 0 amide bonds. The number of hydrogen-bond acceptors (Lipinski definition) is 3. The van der Waals surface area contributed by atoms with Crippen LogP contribution in [0.5, 0.6) is 0 Å². The highest BCUT2D eigenvalue weighted by molar-refractivity contribution is 5.56. The summed E-state index contributed by atoms with van der Waals surface area (Å²) in [6, 6.07) is 4.18. The Morgan fingerprint density at radius 3 is 2.68 bits per heavy atom. The minimum absolute atomic E-state index is 0.318. The Labute approximate surface area is 133 Å². The Morgan fingerprint density at radius 2 is 2.00 bits per heavy atom. The van der Waals surface area contributed by atoms with Gasteiger partial charge < -0.3 is 10.3 Å². The predicted octanol–water partition coefficient (Wildman–Crippen LogP) is 4.93. The van der Waals surface area contributed by atoms with Crippen molar-refractivity contribution in [3.05, 3.63) is 45.8 Å². The molecule has 0 saturated heterocycles. The second kappa shape index (κ2) is 6.99. The van der Waals surface area contributed by atoms with Crippen LogP contribution in [0.2, 0.25) is 0 Å². The number of rotatable bonds is 2. The van der Waals surface area contributed by atoms with Crippen LogP contribution in [0.4, 0.5) is 5.69 Å². The molecule has 0 fully saturated rings. The maximum atomic E-state index is 6.13. The number of hydrogen-bond donors (Lipinski definition) is 1. The highest BCUT2D eigenvalue weighted by Gasteiger charge is 2.30. The third kappa shape index (κ3) is 2.77. The minimum Gasteiger partial charge on any atom is -0.399 e. The van der Waals surface area contributed by atoms with Crippen molar-refractivity contribution in [3.8, 4) is 0 Å². The lowest BCUT2D eigenvalue weighted by Gasteiger charge is -2.25. The molecule has 0 aliphatic heterocycles. The molecule has 0 bridgehead atoms. The number of aromatic nitrogens is 1. The van der Waals surface area contributed by atoms with Crippen LogP contribution in [0, 0.1) is 13.8 Å². The van der Waals surface area contributed by atoms with Crippen molar-refractivity contribution in [2.45, 2.75) is 66.2 Å². The molecule has 2 aromatic rings. The first-order valence-corrected chi connectivity index (χ1v) is 8.46. The van der Waals surface area contributed by atoms with E-state index in [1.807, 2.05) is 26.8 Å². The molecule has 1 atom stereocenters. The molecule has 120 valence electrons. The standard InChI is InChI=1S/C17H22N2O.C2H6/c1-4-12-8-9-15(18)10(2)16(12)14-7-5-6-13-11(3)19-20-17(13)14;1-2/h8-9,14H,4-7,18H2,1-3H3;1-2H3. The minimum atomic E-state index is 0.318. The molecule has 1 heterocycles. The lowest BCUT2D eigenvalue weighted by atomic mass is 9.78. The van der Waals surface area contributed by atoms with Crippen molar-refractivity contribution in [3.63, 3.8) is 0 Å². The SMILES string of the molecule is CC.CCc1ccc(N)c(C)c1C1CCCc2c(C)noc21. The van der Waals surface area contributed by atoms with Crippen LogP contribution in [0.25, 0.3) is 0 Å². The van der Waals surface area contributed by atoms with Gasteiger partial charge in [0.25, 0.3) is 0 Å². The average molecular weight is 300 g/mol. The van der Waals surface area contributed by atoms with E-state index in [2.05, 4.69) is 25.1 Å². The smallest absolute Gasteiger partial charge is 0.147 e. The third-order valence-corrected chi connectivity index (χ3v) is 4.63. The van der Waals surface area contributed by atoms with Crippen molar-refractivity contribution < 1.29 is 4.52 Å². The lowest BCUT2D eigenvalue weighted by Crippen LogP contribution is -2.14. The maximum absolute atomic E-state index is 6.13. The lowest BCUT2D eigenvalue weighted by molar-refractivity contribution is 0.353. The van der Waals surface area contributed by atoms with Gasteiger partial charge in [0.05, 0.1) is 5.69 Å². The number of nitrogens with zero attached hydrogens (tertiary/aromatic N) is 1. The highest BCUT2D eigenvalue weighted by atomic mass is 16.5. The molecule has 0 saturated carbocycles. The number of aryl methyl sites for hydroxylation is 2. The molecule has 3 nitrogen and oxygen atoms in total. The van der Waals surface area contributed by atoms with E-state index in [1.54, 1.807) is 0 Å². The van der Waals surface area contributed by atoms with Gasteiger partial charge in [-0.15, -0.1) is 0 Å². The van der Waals surface area contributed by atoms with Crippen molar-refractivity contribution >= 4 is 5.69 Å². The molecule has 22 heavy (non-hydrogen) atoms. The molecule has 3 heteroatoms. The van der Waals surface area contributed by atoms with E-state index in [0.29, 0.717) is 5.92 Å². The quantitative estimate of drug-likeness (QED) is 0.800. The van der Waals surface area contributed by atoms with Gasteiger partial charge in [-0.2, -0.15) is 0 Å². The molecule has 2 N–H and O–H groups in total. The molecule has 0 radical (unpaired) electrons. The predicted molar refractivity (Wildman–Crippen MR) is 92.3 cm³/mol. The second-order valence-corrected chi connectivity index (χ2v) is 5.76. The van der Waals surface area contributed by atoms with E-state index < -0.39 is 0 Å². The molecule has 1 aromatic heterocycles. The van der Waals surface area contributed by atoms with Gasteiger partial charge in [0.1, 0.15) is 5.76 Å². The van der Waals surface area contributed by atoms with Crippen molar-refractivity contribution in [2.75, 3.05) is 5.73 Å². The Morgan fingerprint density at radius 1 is 1.27 bits per heavy atom. The maximum Gasteiger partial charge on any atom is 0.147 e. The van der Waals surface area contributed by atoms with Crippen molar-refractivity contribution in [1.29, 1.82) is 0 Å². The molecular weight excluding hydrogens is 272 g/mol. The molecule has 0 spiro atoms. The fourth-order valence-corrected chi connectivity index (χ4v) is 3.47. The van der Waals surface area contributed by atoms with Crippen LogP contribution in [0.3, 0.4) is 0 Å². The zero-order valence-corrected chi connectivity index (χ0v) is 14.5. The summed E-state index contributed by atoms with van der Waals surface area (Å²) in [6.07, 6.45) is 4.43. The highest BCUT2D eigenvalue weighted by Crippen LogP contribution is 2.41. The zero-order valence-electron chi connectivity index (χ0n) is 14.5. The monoisotopic (exact) mass is 300 g/mol. The number of benzene rings is 1. The molecular formula is C19H28N2O. The summed E-state index contributed by atoms with van der Waals surface area (Å²) in [5, 5.41) is 4.18. The van der Waals surface area contributed by atoms with Gasteiger partial charge in [0, 0.05) is 17.2 Å². The van der Waals surface area contributed by atoms with Crippen LogP contribution < -0.4 is 5.73 Å². The van der Waals surface area contributed by atoms with Gasteiger partial charge in [0.2, 0.25) is 0 Å². The summed E-state index contributed by atoms with van der Waals surface area (Å²) in [5.41, 5.74) is 13.3. The Bertz CT molecular complexity index is 643. The van der Waals surface area contributed by atoms with Gasteiger partial charge in [0.15, 0.2) is 0 Å². The van der Waals surface area contributed by atoms with Crippen molar-refractivity contribution in [1.82, 2.24) is 5.16 Å². The van der Waals surface area contributed by atoms with Gasteiger partial charge in [-0.05, 0) is 62.3 Å². The van der Waals surface area contributed by atoms with Gasteiger partial charge in [-0.3, -0.25) is 0 Å². The molecule has 3 rings (SSSR count). The summed E-state index contributed by atoms with van der Waals surface area (Å²) >= 11 is 0. The van der Waals surface area contributed by atoms with Gasteiger partial charge >= 0.3 is 0 Å². The van der Waals surface area contributed by atoms with E-state index in [0.717, 1.165) is 36.4 Å². The summed E-state index contributed by atoms with van der Waals surface area (Å²) < 4.78 is 5.66. The Balaban J connectivity index is 0.000000847. The topological polar surface area (TPSA) is 52.0 Å². The molecule has 1 aliphatic rings. The van der Waals surface area contributed by atoms with Crippen LogP contribution in [-0.2, 0) is 12.8 Å². The zero-order chi connectivity index (χ0) is 16.3. The number of nitrogen functional groups attached to an aromatic ring is 1. The summed E-state index contributed by atoms with van der Waals surface area (Å²) in [5.74, 6) is 1.38. The first kappa shape index (κ1) is 16.6. The third-order valence-electron chi connectivity index (χ3n) is 4.63. The first-order chi connectivity index (χ1) is 10.6. The van der Waals surface area contributed by atoms with Crippen LogP contribution in [0.15, 0.2) is 16.7 Å². The second-order valence-electron chi connectivity index (χ2n) is 5.76. The van der Waals surface area contributed by atoms with Crippen molar-refractivity contribution in [2.24, 2.45) is 0 Å². The largest absolute Gasteiger partial charge is 0.399 e. The fraction of sp³-hybridized carbons (Fsp3) is 0.526. The van der Waals surface area contributed by atoms with E-state index in [1.165, 1.54) is 28.7 Å². The Kier molecular flexibility index (Phi) is 5.28. The van der Waals surface area contributed by atoms with E-state index in [9.17, 15) is 0 Å². The summed E-state index contributed by atoms with van der Waals surface area (Å²) in [4.78, 5) is 0. The van der Waals surface area contributed by atoms with Crippen LogP contribution in [-0.4, -0.2) is 5.16 Å².